The molecule has 1 fully saturated rings. The summed E-state index contributed by atoms with van der Waals surface area (Å²) in [7, 11) is 0. The number of urea groups is 1. The summed E-state index contributed by atoms with van der Waals surface area (Å²) in [5, 5.41) is 0. The van der Waals surface area contributed by atoms with E-state index in [1.807, 2.05) is 0 Å². The van der Waals surface area contributed by atoms with Crippen molar-refractivity contribution in [2.75, 3.05) is 11.4 Å². The lowest BCUT2D eigenvalue weighted by atomic mass is 10.1. The van der Waals surface area contributed by atoms with Crippen LogP contribution in [0.3, 0.4) is 0 Å². The van der Waals surface area contributed by atoms with E-state index < -0.39 is 41.2 Å². The molecule has 29 heavy (non-hydrogen) atoms. The maximum absolute atomic E-state index is 14.0. The van der Waals surface area contributed by atoms with E-state index in [4.69, 9.17) is 4.74 Å². The number of carbonyl (C=O) groups is 2. The van der Waals surface area contributed by atoms with Crippen molar-refractivity contribution in [2.24, 2.45) is 0 Å². The summed E-state index contributed by atoms with van der Waals surface area (Å²) in [6, 6.07) is 5.52. The summed E-state index contributed by atoms with van der Waals surface area (Å²) in [6.07, 6.45) is -0.933. The summed E-state index contributed by atoms with van der Waals surface area (Å²) in [5.74, 6) is -2.74. The molecule has 1 saturated heterocycles. The van der Waals surface area contributed by atoms with E-state index in [0.717, 1.165) is 23.1 Å². The van der Waals surface area contributed by atoms with E-state index in [1.165, 1.54) is 23.1 Å². The molecule has 1 unspecified atom stereocenters. The molecule has 9 heteroatoms. The van der Waals surface area contributed by atoms with Crippen LogP contribution in [-0.4, -0.2) is 29.2 Å². The molecule has 154 valence electrons. The molecule has 5 nitrogen and oxygen atoms in total. The lowest BCUT2D eigenvalue weighted by molar-refractivity contribution is 0.0298. The molecule has 0 radical (unpaired) electrons. The zero-order valence-electron chi connectivity index (χ0n) is 15.9. The standard InChI is InChI=1S/C20H18BrF3N2O3/c1-20(2,3)29-19(28)26-17(11-4-7-14(22)16(24)8-11)10-25(18(26)27)12-5-6-13(21)15(23)9-12/h4-9,17H,10H2,1-3H3. The summed E-state index contributed by atoms with van der Waals surface area (Å²) in [5.41, 5.74) is -0.454. The molecule has 0 spiro atoms. The Labute approximate surface area is 174 Å². The van der Waals surface area contributed by atoms with Gasteiger partial charge in [-0.1, -0.05) is 6.07 Å². The molecule has 0 N–H and O–H groups in total. The second-order valence-corrected chi connectivity index (χ2v) is 8.39. The van der Waals surface area contributed by atoms with E-state index in [9.17, 15) is 22.8 Å². The molecule has 0 saturated carbocycles. The molecule has 0 bridgehead atoms. The van der Waals surface area contributed by atoms with Gasteiger partial charge in [0.05, 0.1) is 17.1 Å². The number of hydrogen-bond donors (Lipinski definition) is 0. The fourth-order valence-electron chi connectivity index (χ4n) is 2.96. The third-order valence-electron chi connectivity index (χ3n) is 4.24. The topological polar surface area (TPSA) is 49.9 Å². The molecular formula is C20H18BrF3N2O3. The third-order valence-corrected chi connectivity index (χ3v) is 4.88. The van der Waals surface area contributed by atoms with Gasteiger partial charge in [-0.3, -0.25) is 4.90 Å². The van der Waals surface area contributed by atoms with Crippen LogP contribution >= 0.6 is 15.9 Å². The van der Waals surface area contributed by atoms with Crippen LogP contribution in [0.2, 0.25) is 0 Å². The van der Waals surface area contributed by atoms with Gasteiger partial charge >= 0.3 is 12.1 Å². The average molecular weight is 471 g/mol. The number of hydrogen-bond acceptors (Lipinski definition) is 3. The van der Waals surface area contributed by atoms with Crippen molar-refractivity contribution in [3.05, 3.63) is 63.9 Å². The maximum Gasteiger partial charge on any atom is 0.419 e. The molecule has 0 aliphatic carbocycles. The average Bonchev–Trinajstić information content (AvgIpc) is 2.96. The molecule has 2 aromatic carbocycles. The van der Waals surface area contributed by atoms with Gasteiger partial charge in [0.1, 0.15) is 11.4 Å². The fourth-order valence-corrected chi connectivity index (χ4v) is 3.20. The molecule has 0 aromatic heterocycles. The minimum Gasteiger partial charge on any atom is -0.443 e. The van der Waals surface area contributed by atoms with Gasteiger partial charge in [-0.2, -0.15) is 0 Å². The zero-order chi connectivity index (χ0) is 21.5. The largest absolute Gasteiger partial charge is 0.443 e. The molecule has 3 amide bonds. The fraction of sp³-hybridized carbons (Fsp3) is 0.300. The van der Waals surface area contributed by atoms with Crippen LogP contribution in [0.1, 0.15) is 32.4 Å². The molecule has 1 atom stereocenters. The Morgan fingerprint density at radius 1 is 1.07 bits per heavy atom. The monoisotopic (exact) mass is 470 g/mol. The Morgan fingerprint density at radius 2 is 1.76 bits per heavy atom. The van der Waals surface area contributed by atoms with E-state index >= 15 is 0 Å². The number of imide groups is 1. The summed E-state index contributed by atoms with van der Waals surface area (Å²) >= 11 is 3.04. The van der Waals surface area contributed by atoms with Crippen molar-refractivity contribution in [3.63, 3.8) is 0 Å². The molecule has 1 heterocycles. The summed E-state index contributed by atoms with van der Waals surface area (Å²) < 4.78 is 46.6. The smallest absolute Gasteiger partial charge is 0.419 e. The van der Waals surface area contributed by atoms with Gasteiger partial charge in [-0.25, -0.2) is 27.7 Å². The first kappa shape index (κ1) is 21.2. The Bertz CT molecular complexity index is 978. The molecule has 1 aliphatic rings. The highest BCUT2D eigenvalue weighted by molar-refractivity contribution is 9.10. The van der Waals surface area contributed by atoms with Crippen molar-refractivity contribution in [1.29, 1.82) is 0 Å². The predicted octanol–water partition coefficient (Wildman–Crippen LogP) is 5.78. The van der Waals surface area contributed by atoms with E-state index in [0.29, 0.717) is 0 Å². The van der Waals surface area contributed by atoms with Crippen molar-refractivity contribution in [1.82, 2.24) is 4.90 Å². The van der Waals surface area contributed by atoms with Gasteiger partial charge in [0.2, 0.25) is 0 Å². The Hall–Kier alpha value is -2.55. The second kappa shape index (κ2) is 7.70. The number of anilines is 1. The maximum atomic E-state index is 14.0. The molecule has 2 aromatic rings. The van der Waals surface area contributed by atoms with Crippen molar-refractivity contribution in [3.8, 4) is 0 Å². The minimum absolute atomic E-state index is 0.0791. The van der Waals surface area contributed by atoms with Gasteiger partial charge in [0.25, 0.3) is 0 Å². The zero-order valence-corrected chi connectivity index (χ0v) is 17.5. The molecular weight excluding hydrogens is 453 g/mol. The third kappa shape index (κ3) is 4.39. The Kier molecular flexibility index (Phi) is 5.62. The van der Waals surface area contributed by atoms with Crippen LogP contribution in [0.15, 0.2) is 40.9 Å². The van der Waals surface area contributed by atoms with Crippen molar-refractivity contribution in [2.45, 2.75) is 32.4 Å². The molecule has 1 aliphatic heterocycles. The van der Waals surface area contributed by atoms with Gasteiger partial charge in [0.15, 0.2) is 11.6 Å². The summed E-state index contributed by atoms with van der Waals surface area (Å²) in [4.78, 5) is 27.7. The second-order valence-electron chi connectivity index (χ2n) is 7.53. The normalized spacial score (nSPS) is 17.1. The first-order valence-electron chi connectivity index (χ1n) is 8.71. The van der Waals surface area contributed by atoms with Gasteiger partial charge in [0, 0.05) is 5.69 Å². The van der Waals surface area contributed by atoms with E-state index in [2.05, 4.69) is 15.9 Å². The number of rotatable bonds is 2. The quantitative estimate of drug-likeness (QED) is 0.558. The van der Waals surface area contributed by atoms with E-state index in [1.54, 1.807) is 20.8 Å². The van der Waals surface area contributed by atoms with Crippen LogP contribution in [-0.2, 0) is 4.74 Å². The first-order valence-corrected chi connectivity index (χ1v) is 9.51. The minimum atomic E-state index is -1.10. The van der Waals surface area contributed by atoms with Crippen LogP contribution in [0.5, 0.6) is 0 Å². The summed E-state index contributed by atoms with van der Waals surface area (Å²) in [6.45, 7) is 4.84. The number of amides is 3. The Morgan fingerprint density at radius 3 is 2.34 bits per heavy atom. The van der Waals surface area contributed by atoms with E-state index in [-0.39, 0.29) is 22.3 Å². The number of carbonyl (C=O) groups excluding carboxylic acids is 2. The number of benzene rings is 2. The van der Waals surface area contributed by atoms with Gasteiger partial charge in [-0.05, 0) is 72.6 Å². The van der Waals surface area contributed by atoms with Crippen LogP contribution in [0.25, 0.3) is 0 Å². The Balaban J connectivity index is 2.03. The van der Waals surface area contributed by atoms with Crippen LogP contribution in [0.4, 0.5) is 28.4 Å². The lowest BCUT2D eigenvalue weighted by Gasteiger charge is -2.26. The number of halogens is 4. The van der Waals surface area contributed by atoms with Crippen LogP contribution < -0.4 is 4.90 Å². The SMILES string of the molecule is CC(C)(C)OC(=O)N1C(=O)N(c2ccc(Br)c(F)c2)CC1c1ccc(F)c(F)c1. The number of ether oxygens (including phenoxy) is 1. The highest BCUT2D eigenvalue weighted by Gasteiger charge is 2.45. The lowest BCUT2D eigenvalue weighted by Crippen LogP contribution is -2.41. The van der Waals surface area contributed by atoms with Gasteiger partial charge in [-0.15, -0.1) is 0 Å². The van der Waals surface area contributed by atoms with Crippen molar-refractivity contribution < 1.29 is 27.5 Å². The predicted molar refractivity (Wildman–Crippen MR) is 104 cm³/mol. The highest BCUT2D eigenvalue weighted by Crippen LogP contribution is 2.35. The van der Waals surface area contributed by atoms with Crippen LogP contribution in [0, 0.1) is 17.5 Å². The first-order chi connectivity index (χ1) is 13.5. The van der Waals surface area contributed by atoms with Crippen molar-refractivity contribution >= 4 is 33.7 Å². The van der Waals surface area contributed by atoms with Gasteiger partial charge < -0.3 is 4.74 Å². The molecule has 3 rings (SSSR count). The highest BCUT2D eigenvalue weighted by atomic mass is 79.9. The number of nitrogens with zero attached hydrogens (tertiary/aromatic N) is 2.